The Labute approximate surface area is 210 Å². The van der Waals surface area contributed by atoms with Crippen LogP contribution in [0.1, 0.15) is 79.5 Å². The zero-order valence-electron chi connectivity index (χ0n) is 22.1. The van der Waals surface area contributed by atoms with Gasteiger partial charge in [-0.25, -0.2) is 0 Å². The van der Waals surface area contributed by atoms with E-state index in [1.54, 1.807) is 17.8 Å². The Kier molecular flexibility index (Phi) is 6.99. The number of nitrogens with one attached hydrogen (secondary N) is 2. The Morgan fingerprint density at radius 3 is 2.31 bits per heavy atom. The van der Waals surface area contributed by atoms with E-state index in [1.165, 1.54) is 0 Å². The summed E-state index contributed by atoms with van der Waals surface area (Å²) in [5.74, 6) is 0.483. The fourth-order valence-corrected chi connectivity index (χ4v) is 6.57. The van der Waals surface area contributed by atoms with Crippen molar-refractivity contribution in [3.63, 3.8) is 0 Å². The van der Waals surface area contributed by atoms with Gasteiger partial charge in [-0.3, -0.25) is 14.3 Å². The van der Waals surface area contributed by atoms with Crippen molar-refractivity contribution in [3.05, 3.63) is 53.3 Å². The molecule has 2 aliphatic carbocycles. The number of carbonyl (C=O) groups is 2. The number of rotatable bonds is 8. The van der Waals surface area contributed by atoms with Crippen LogP contribution in [0.5, 0.6) is 0 Å². The second-order valence-corrected chi connectivity index (χ2v) is 16.3. The minimum absolute atomic E-state index is 0.128. The number of hydrogen-bond donors (Lipinski definition) is 2. The van der Waals surface area contributed by atoms with E-state index < -0.39 is 8.32 Å². The summed E-state index contributed by atoms with van der Waals surface area (Å²) in [5, 5.41) is 10.6. The van der Waals surface area contributed by atoms with Crippen molar-refractivity contribution < 1.29 is 14.0 Å². The average Bonchev–Trinajstić information content (AvgIpc) is 3.15. The molecule has 0 spiro atoms. The summed E-state index contributed by atoms with van der Waals surface area (Å²) in [4.78, 5) is 25.8. The molecule has 1 aromatic heterocycles. The van der Waals surface area contributed by atoms with Gasteiger partial charge in [0, 0.05) is 25.3 Å². The quantitative estimate of drug-likeness (QED) is 0.516. The molecule has 7 nitrogen and oxygen atoms in total. The standard InChI is InChI=1S/C27H40N4O3Si/c1-8-22(17-12-10-9-11-13-17)31-23(16-21(30-31)25(32)28-5)26(33)29-24-19-14-18(15-20(19)24)34-35(6,7)27(2,3)4/h9-13,16,18-20,22,24H,8,14-15H2,1-7H3,(H,28,32)(H,29,33)/t18?,19-,20+,22-,24+/m0/s1. The van der Waals surface area contributed by atoms with E-state index in [0.29, 0.717) is 23.6 Å². The van der Waals surface area contributed by atoms with E-state index in [2.05, 4.69) is 56.5 Å². The molecule has 35 heavy (non-hydrogen) atoms. The molecule has 0 saturated heterocycles. The first-order valence-corrected chi connectivity index (χ1v) is 15.7. The molecule has 0 aliphatic heterocycles. The lowest BCUT2D eigenvalue weighted by Crippen LogP contribution is -2.44. The SMILES string of the molecule is CC[C@@H](c1ccccc1)n1nc(C(=O)NC)cc1C(=O)N[C@H]1[C@@H]2CC(O[Si](C)(C)C(C)(C)C)C[C@@H]21. The third-order valence-electron chi connectivity index (χ3n) is 8.26. The van der Waals surface area contributed by atoms with Crippen molar-refractivity contribution >= 4 is 20.1 Å². The fraction of sp³-hybridized carbons (Fsp3) is 0.593. The van der Waals surface area contributed by atoms with E-state index in [4.69, 9.17) is 4.43 Å². The van der Waals surface area contributed by atoms with Crippen molar-refractivity contribution in [3.8, 4) is 0 Å². The maximum absolute atomic E-state index is 13.4. The molecule has 2 N–H and O–H groups in total. The maximum atomic E-state index is 13.4. The minimum Gasteiger partial charge on any atom is -0.414 e. The van der Waals surface area contributed by atoms with Crippen LogP contribution in [0.2, 0.25) is 18.1 Å². The van der Waals surface area contributed by atoms with E-state index in [0.717, 1.165) is 24.8 Å². The highest BCUT2D eigenvalue weighted by Gasteiger charge is 2.58. The molecule has 2 fully saturated rings. The molecule has 190 valence electrons. The van der Waals surface area contributed by atoms with E-state index in [1.807, 2.05) is 30.3 Å². The predicted molar refractivity (Wildman–Crippen MR) is 140 cm³/mol. The molecule has 8 heteroatoms. The molecule has 1 aromatic carbocycles. The second kappa shape index (κ2) is 9.54. The van der Waals surface area contributed by atoms with Gasteiger partial charge in [0.05, 0.1) is 6.04 Å². The van der Waals surface area contributed by atoms with Crippen molar-refractivity contribution in [2.75, 3.05) is 7.05 Å². The van der Waals surface area contributed by atoms with Crippen molar-refractivity contribution in [2.24, 2.45) is 11.8 Å². The summed E-state index contributed by atoms with van der Waals surface area (Å²) in [6.45, 7) is 13.5. The van der Waals surface area contributed by atoms with Crippen LogP contribution in [0.15, 0.2) is 36.4 Å². The molecule has 5 atom stereocenters. The predicted octanol–water partition coefficient (Wildman–Crippen LogP) is 4.77. The van der Waals surface area contributed by atoms with Gasteiger partial charge in [0.25, 0.3) is 11.8 Å². The summed E-state index contributed by atoms with van der Waals surface area (Å²) in [7, 11) is -0.218. The van der Waals surface area contributed by atoms with E-state index in [9.17, 15) is 9.59 Å². The lowest BCUT2D eigenvalue weighted by molar-refractivity contribution is 0.0924. The van der Waals surface area contributed by atoms with Crippen LogP contribution in [0.4, 0.5) is 0 Å². The lowest BCUT2D eigenvalue weighted by atomic mass is 10.0. The molecule has 0 bridgehead atoms. The van der Waals surface area contributed by atoms with Crippen LogP contribution in [-0.4, -0.2) is 49.1 Å². The van der Waals surface area contributed by atoms with Crippen molar-refractivity contribution in [2.45, 2.75) is 83.3 Å². The monoisotopic (exact) mass is 496 g/mol. The topological polar surface area (TPSA) is 85.2 Å². The van der Waals surface area contributed by atoms with Gasteiger partial charge in [-0.05, 0) is 54.8 Å². The highest BCUT2D eigenvalue weighted by Crippen LogP contribution is 2.54. The van der Waals surface area contributed by atoms with Gasteiger partial charge < -0.3 is 15.1 Å². The highest BCUT2D eigenvalue weighted by molar-refractivity contribution is 6.74. The van der Waals surface area contributed by atoms with Crippen LogP contribution in [0, 0.1) is 11.8 Å². The molecule has 2 saturated carbocycles. The number of amides is 2. The fourth-order valence-electron chi connectivity index (χ4n) is 5.19. The highest BCUT2D eigenvalue weighted by atomic mass is 28.4. The minimum atomic E-state index is -1.79. The lowest BCUT2D eigenvalue weighted by Gasteiger charge is -2.39. The zero-order chi connectivity index (χ0) is 25.5. The van der Waals surface area contributed by atoms with E-state index in [-0.39, 0.29) is 34.6 Å². The summed E-state index contributed by atoms with van der Waals surface area (Å²) in [6.07, 6.45) is 3.06. The van der Waals surface area contributed by atoms with Gasteiger partial charge >= 0.3 is 0 Å². The number of carbonyl (C=O) groups excluding carboxylic acids is 2. The van der Waals surface area contributed by atoms with Crippen LogP contribution < -0.4 is 10.6 Å². The number of nitrogens with zero attached hydrogens (tertiary/aromatic N) is 2. The first kappa shape index (κ1) is 25.6. The van der Waals surface area contributed by atoms with Gasteiger partial charge in [0.1, 0.15) is 5.69 Å². The number of fused-ring (bicyclic) bond motifs is 1. The zero-order valence-corrected chi connectivity index (χ0v) is 23.1. The third-order valence-corrected chi connectivity index (χ3v) is 12.8. The first-order chi connectivity index (χ1) is 16.5. The molecule has 2 aromatic rings. The Bertz CT molecular complexity index is 1060. The Morgan fingerprint density at radius 1 is 1.14 bits per heavy atom. The molecule has 4 rings (SSSR count). The largest absolute Gasteiger partial charge is 0.414 e. The summed E-state index contributed by atoms with van der Waals surface area (Å²) in [5.41, 5.74) is 1.74. The molecular formula is C27H40N4O3Si. The second-order valence-electron chi connectivity index (χ2n) is 11.6. The molecule has 2 amide bonds. The molecule has 1 unspecified atom stereocenters. The molecular weight excluding hydrogens is 456 g/mol. The number of benzene rings is 1. The summed E-state index contributed by atoms with van der Waals surface area (Å²) in [6, 6.07) is 11.7. The first-order valence-electron chi connectivity index (χ1n) is 12.8. The maximum Gasteiger partial charge on any atom is 0.271 e. The third kappa shape index (κ3) is 5.09. The molecule has 0 radical (unpaired) electrons. The van der Waals surface area contributed by atoms with Gasteiger partial charge in [-0.15, -0.1) is 0 Å². The van der Waals surface area contributed by atoms with Crippen LogP contribution >= 0.6 is 0 Å². The normalized spacial score (nSPS) is 24.5. The van der Waals surface area contributed by atoms with Gasteiger partial charge in [-0.1, -0.05) is 58.0 Å². The van der Waals surface area contributed by atoms with Crippen LogP contribution in [-0.2, 0) is 4.43 Å². The number of hydrogen-bond acceptors (Lipinski definition) is 4. The Morgan fingerprint density at radius 2 is 1.77 bits per heavy atom. The Balaban J connectivity index is 1.47. The Hall–Kier alpha value is -2.45. The van der Waals surface area contributed by atoms with Gasteiger partial charge in [0.15, 0.2) is 14.0 Å². The van der Waals surface area contributed by atoms with Gasteiger partial charge in [-0.2, -0.15) is 5.10 Å². The van der Waals surface area contributed by atoms with Crippen LogP contribution in [0.3, 0.4) is 0 Å². The van der Waals surface area contributed by atoms with Gasteiger partial charge in [0.2, 0.25) is 0 Å². The molecule has 1 heterocycles. The van der Waals surface area contributed by atoms with Crippen LogP contribution in [0.25, 0.3) is 0 Å². The summed E-state index contributed by atoms with van der Waals surface area (Å²) < 4.78 is 8.34. The molecule has 2 aliphatic rings. The average molecular weight is 497 g/mol. The summed E-state index contributed by atoms with van der Waals surface area (Å²) >= 11 is 0. The smallest absolute Gasteiger partial charge is 0.271 e. The number of aromatic nitrogens is 2. The van der Waals surface area contributed by atoms with Crippen molar-refractivity contribution in [1.29, 1.82) is 0 Å². The van der Waals surface area contributed by atoms with Crippen molar-refractivity contribution in [1.82, 2.24) is 20.4 Å². The van der Waals surface area contributed by atoms with E-state index >= 15 is 0 Å².